The van der Waals surface area contributed by atoms with E-state index in [0.717, 1.165) is 29.7 Å². The topological polar surface area (TPSA) is 110 Å². The first-order valence-corrected chi connectivity index (χ1v) is 8.75. The lowest BCUT2D eigenvalue weighted by atomic mass is 10.1. The minimum Gasteiger partial charge on any atom is -0.465 e. The standard InChI is InChI=1S/C17H17N3O5S/c1-9-6-7-10(25-9)8-18-20-15(22)14(21)19-16-13(17(23)24-2)11-4-3-5-12(11)26-16/h6-8H,3-5H2,1-2H3,(H,19,21)(H,20,22)/b18-8-. The van der Waals surface area contributed by atoms with Crippen molar-refractivity contribution in [1.82, 2.24) is 5.43 Å². The van der Waals surface area contributed by atoms with Crippen molar-refractivity contribution in [3.8, 4) is 0 Å². The molecule has 0 unspecified atom stereocenters. The van der Waals surface area contributed by atoms with E-state index in [4.69, 9.17) is 9.15 Å². The summed E-state index contributed by atoms with van der Waals surface area (Å²) in [5.74, 6) is -1.23. The molecule has 0 aromatic carbocycles. The Morgan fingerprint density at radius 2 is 2.08 bits per heavy atom. The summed E-state index contributed by atoms with van der Waals surface area (Å²) in [6, 6.07) is 3.43. The lowest BCUT2D eigenvalue weighted by molar-refractivity contribution is -0.136. The number of hydrogen-bond acceptors (Lipinski definition) is 7. The summed E-state index contributed by atoms with van der Waals surface area (Å²) in [5, 5.41) is 6.48. The van der Waals surface area contributed by atoms with Gasteiger partial charge in [0.15, 0.2) is 0 Å². The van der Waals surface area contributed by atoms with E-state index in [-0.39, 0.29) is 0 Å². The maximum atomic E-state index is 12.1. The van der Waals surface area contributed by atoms with Crippen LogP contribution in [0.4, 0.5) is 5.00 Å². The number of esters is 1. The fourth-order valence-corrected chi connectivity index (χ4v) is 3.97. The average Bonchev–Trinajstić information content (AvgIpc) is 3.30. The number of carbonyl (C=O) groups excluding carboxylic acids is 3. The number of furan rings is 1. The van der Waals surface area contributed by atoms with Gasteiger partial charge in [-0.05, 0) is 43.9 Å². The smallest absolute Gasteiger partial charge is 0.341 e. The first-order valence-electron chi connectivity index (χ1n) is 7.93. The van der Waals surface area contributed by atoms with Gasteiger partial charge in [-0.1, -0.05) is 0 Å². The Kier molecular flexibility index (Phi) is 5.17. The van der Waals surface area contributed by atoms with Crippen LogP contribution in [0.15, 0.2) is 21.7 Å². The molecule has 2 amide bonds. The van der Waals surface area contributed by atoms with Gasteiger partial charge in [-0.2, -0.15) is 5.10 Å². The van der Waals surface area contributed by atoms with Crippen molar-refractivity contribution in [3.63, 3.8) is 0 Å². The highest BCUT2D eigenvalue weighted by Crippen LogP contribution is 2.39. The van der Waals surface area contributed by atoms with Gasteiger partial charge in [0.25, 0.3) is 0 Å². The molecule has 2 aromatic heterocycles. The molecule has 1 aliphatic carbocycles. The maximum Gasteiger partial charge on any atom is 0.341 e. The number of thiophene rings is 1. The zero-order valence-electron chi connectivity index (χ0n) is 14.3. The highest BCUT2D eigenvalue weighted by atomic mass is 32.1. The molecule has 0 saturated carbocycles. The predicted octanol–water partition coefficient (Wildman–Crippen LogP) is 2.01. The molecule has 2 heterocycles. The van der Waals surface area contributed by atoms with Gasteiger partial charge in [-0.3, -0.25) is 9.59 Å². The second-order valence-electron chi connectivity index (χ2n) is 5.65. The molecule has 0 fully saturated rings. The van der Waals surface area contributed by atoms with Crippen molar-refractivity contribution in [1.29, 1.82) is 0 Å². The summed E-state index contributed by atoms with van der Waals surface area (Å²) >= 11 is 1.30. The third-order valence-corrected chi connectivity index (χ3v) is 5.07. The minimum absolute atomic E-state index is 0.326. The summed E-state index contributed by atoms with van der Waals surface area (Å²) in [6.07, 6.45) is 3.85. The normalized spacial score (nSPS) is 12.8. The largest absolute Gasteiger partial charge is 0.465 e. The van der Waals surface area contributed by atoms with E-state index in [1.807, 2.05) is 0 Å². The summed E-state index contributed by atoms with van der Waals surface area (Å²) < 4.78 is 10.1. The number of anilines is 1. The summed E-state index contributed by atoms with van der Waals surface area (Å²) in [7, 11) is 1.28. The van der Waals surface area contributed by atoms with Crippen LogP contribution >= 0.6 is 11.3 Å². The molecule has 0 spiro atoms. The number of amides is 2. The van der Waals surface area contributed by atoms with Gasteiger partial charge < -0.3 is 14.5 Å². The van der Waals surface area contributed by atoms with Crippen LogP contribution in [0, 0.1) is 6.92 Å². The van der Waals surface area contributed by atoms with Crippen LogP contribution in [0.3, 0.4) is 0 Å². The van der Waals surface area contributed by atoms with Crippen molar-refractivity contribution in [3.05, 3.63) is 39.7 Å². The van der Waals surface area contributed by atoms with Crippen LogP contribution in [-0.2, 0) is 27.2 Å². The molecular weight excluding hydrogens is 358 g/mol. The van der Waals surface area contributed by atoms with E-state index >= 15 is 0 Å². The first kappa shape index (κ1) is 17.9. The third kappa shape index (κ3) is 3.67. The molecule has 0 bridgehead atoms. The number of fused-ring (bicyclic) bond motifs is 1. The van der Waals surface area contributed by atoms with E-state index in [1.54, 1.807) is 19.1 Å². The van der Waals surface area contributed by atoms with Crippen LogP contribution in [0.2, 0.25) is 0 Å². The Labute approximate surface area is 153 Å². The van der Waals surface area contributed by atoms with E-state index in [2.05, 4.69) is 15.8 Å². The second-order valence-corrected chi connectivity index (χ2v) is 6.76. The fraction of sp³-hybridized carbons (Fsp3) is 0.294. The van der Waals surface area contributed by atoms with Crippen molar-refractivity contribution in [2.24, 2.45) is 5.10 Å². The number of methoxy groups -OCH3 is 1. The number of ether oxygens (including phenoxy) is 1. The Bertz CT molecular complexity index is 896. The van der Waals surface area contributed by atoms with Gasteiger partial charge in [0.1, 0.15) is 16.5 Å². The number of hydrogen-bond donors (Lipinski definition) is 2. The number of aryl methyl sites for hydroxylation is 2. The minimum atomic E-state index is -0.950. The molecule has 8 nitrogen and oxygen atoms in total. The van der Waals surface area contributed by atoms with Gasteiger partial charge in [-0.15, -0.1) is 11.3 Å². The molecule has 0 atom stereocenters. The molecular formula is C17H17N3O5S. The third-order valence-electron chi connectivity index (χ3n) is 3.86. The number of nitrogens with one attached hydrogen (secondary N) is 2. The summed E-state index contributed by atoms with van der Waals surface area (Å²) in [6.45, 7) is 1.78. The Hall–Kier alpha value is -2.94. The summed E-state index contributed by atoms with van der Waals surface area (Å²) in [4.78, 5) is 37.0. The molecule has 0 radical (unpaired) electrons. The fourth-order valence-electron chi connectivity index (χ4n) is 2.70. The van der Waals surface area contributed by atoms with Gasteiger partial charge in [0.05, 0.1) is 18.9 Å². The predicted molar refractivity (Wildman–Crippen MR) is 95.5 cm³/mol. The molecule has 9 heteroatoms. The van der Waals surface area contributed by atoms with Crippen molar-refractivity contribution in [2.75, 3.05) is 12.4 Å². The van der Waals surface area contributed by atoms with Crippen LogP contribution in [0.25, 0.3) is 0 Å². The van der Waals surface area contributed by atoms with Gasteiger partial charge in [0, 0.05) is 4.88 Å². The lowest BCUT2D eigenvalue weighted by Gasteiger charge is -2.06. The first-order chi connectivity index (χ1) is 12.5. The SMILES string of the molecule is COC(=O)c1c(NC(=O)C(=O)N/N=C\c2ccc(C)o2)sc2c1CCC2. The zero-order valence-corrected chi connectivity index (χ0v) is 15.1. The van der Waals surface area contributed by atoms with Crippen molar-refractivity contribution < 1.29 is 23.5 Å². The average molecular weight is 375 g/mol. The second kappa shape index (κ2) is 7.52. The Morgan fingerprint density at radius 1 is 1.27 bits per heavy atom. The molecule has 1 aliphatic rings. The van der Waals surface area contributed by atoms with E-state index in [1.165, 1.54) is 24.7 Å². The molecule has 0 saturated heterocycles. The summed E-state index contributed by atoms with van der Waals surface area (Å²) in [5.41, 5.74) is 3.35. The molecule has 2 N–H and O–H groups in total. The number of nitrogens with zero attached hydrogens (tertiary/aromatic N) is 1. The molecule has 3 rings (SSSR count). The number of carbonyl (C=O) groups is 3. The monoisotopic (exact) mass is 375 g/mol. The quantitative estimate of drug-likeness (QED) is 0.368. The van der Waals surface area contributed by atoms with E-state index in [0.29, 0.717) is 22.1 Å². The number of hydrazone groups is 1. The molecule has 2 aromatic rings. The molecule has 26 heavy (non-hydrogen) atoms. The highest BCUT2D eigenvalue weighted by molar-refractivity contribution is 7.17. The lowest BCUT2D eigenvalue weighted by Crippen LogP contribution is -2.32. The van der Waals surface area contributed by atoms with Crippen molar-refractivity contribution >= 4 is 40.3 Å². The van der Waals surface area contributed by atoms with Crippen molar-refractivity contribution in [2.45, 2.75) is 26.2 Å². The van der Waals surface area contributed by atoms with E-state index in [9.17, 15) is 14.4 Å². The van der Waals surface area contributed by atoms with Gasteiger partial charge in [0.2, 0.25) is 0 Å². The number of rotatable bonds is 4. The maximum absolute atomic E-state index is 12.1. The highest BCUT2D eigenvalue weighted by Gasteiger charge is 2.29. The Balaban J connectivity index is 1.67. The van der Waals surface area contributed by atoms with E-state index < -0.39 is 17.8 Å². The van der Waals surface area contributed by atoms with Gasteiger partial charge >= 0.3 is 17.8 Å². The van der Waals surface area contributed by atoms with Crippen LogP contribution < -0.4 is 10.7 Å². The van der Waals surface area contributed by atoms with Crippen LogP contribution in [-0.4, -0.2) is 31.1 Å². The van der Waals surface area contributed by atoms with Gasteiger partial charge in [-0.25, -0.2) is 10.2 Å². The van der Waals surface area contributed by atoms with Crippen LogP contribution in [0.1, 0.15) is 38.7 Å². The zero-order chi connectivity index (χ0) is 18.7. The molecule has 136 valence electrons. The Morgan fingerprint density at radius 3 is 2.77 bits per heavy atom. The molecule has 0 aliphatic heterocycles. The van der Waals surface area contributed by atoms with Crippen LogP contribution in [0.5, 0.6) is 0 Å².